The van der Waals surface area contributed by atoms with Crippen LogP contribution in [-0.2, 0) is 6.61 Å². The van der Waals surface area contributed by atoms with Gasteiger partial charge in [0, 0.05) is 8.27 Å². The molecular weight excluding hydrogens is 327 g/mol. The van der Waals surface area contributed by atoms with E-state index in [1.165, 1.54) is 14.3 Å². The summed E-state index contributed by atoms with van der Waals surface area (Å²) < 4.78 is 3.73. The fourth-order valence-corrected chi connectivity index (χ4v) is 3.65. The van der Waals surface area contributed by atoms with Gasteiger partial charge in [0.2, 0.25) is 0 Å². The number of aliphatic hydroxyl groups is 1. The molecule has 74 valence electrons. The smallest absolute Gasteiger partial charge is 0.0692 e. The predicted molar refractivity (Wildman–Crippen MR) is 72.2 cm³/mol. The van der Waals surface area contributed by atoms with Gasteiger partial charge in [0.25, 0.3) is 0 Å². The highest BCUT2D eigenvalue weighted by molar-refractivity contribution is 14.1. The number of thiophene rings is 1. The van der Waals surface area contributed by atoms with Crippen LogP contribution in [0.4, 0.5) is 0 Å². The Morgan fingerprint density at radius 3 is 2.86 bits per heavy atom. The second-order valence-corrected chi connectivity index (χ2v) is 6.26. The molecule has 0 atom stereocenters. The molecule has 4 heteroatoms. The molecule has 2 aromatic rings. The number of halogens is 1. The van der Waals surface area contributed by atoms with Crippen LogP contribution in [0.15, 0.2) is 22.4 Å². The molecule has 0 unspecified atom stereocenters. The lowest BCUT2D eigenvalue weighted by molar-refractivity contribution is 0.281. The van der Waals surface area contributed by atoms with Crippen molar-refractivity contribution >= 4 is 55.8 Å². The molecule has 0 aliphatic rings. The first-order valence-corrected chi connectivity index (χ1v) is 7.23. The maximum Gasteiger partial charge on any atom is 0.0692 e. The van der Waals surface area contributed by atoms with Gasteiger partial charge >= 0.3 is 0 Å². The first kappa shape index (κ1) is 10.7. The Labute approximate surface area is 105 Å². The van der Waals surface area contributed by atoms with Crippen LogP contribution in [0.25, 0.3) is 10.1 Å². The summed E-state index contributed by atoms with van der Waals surface area (Å²) in [5, 5.41) is 10.4. The SMILES string of the molecule is CSc1cc2cc(I)c(CO)cc2s1. The first-order chi connectivity index (χ1) is 6.74. The molecule has 2 rings (SSSR count). The van der Waals surface area contributed by atoms with Crippen molar-refractivity contribution in [1.82, 2.24) is 0 Å². The van der Waals surface area contributed by atoms with E-state index in [1.807, 2.05) is 0 Å². The maximum absolute atomic E-state index is 9.14. The Balaban J connectivity index is 2.64. The van der Waals surface area contributed by atoms with Crippen LogP contribution in [0, 0.1) is 3.57 Å². The molecule has 0 amide bonds. The van der Waals surface area contributed by atoms with Crippen LogP contribution in [0.3, 0.4) is 0 Å². The van der Waals surface area contributed by atoms with E-state index in [2.05, 4.69) is 47.0 Å². The fourth-order valence-electron chi connectivity index (χ4n) is 1.30. The monoisotopic (exact) mass is 336 g/mol. The van der Waals surface area contributed by atoms with Gasteiger partial charge in [0.15, 0.2) is 0 Å². The Kier molecular flexibility index (Phi) is 3.36. The highest BCUT2D eigenvalue weighted by atomic mass is 127. The minimum Gasteiger partial charge on any atom is -0.392 e. The molecule has 0 saturated carbocycles. The number of thioether (sulfide) groups is 1. The van der Waals surface area contributed by atoms with E-state index in [9.17, 15) is 0 Å². The molecule has 0 saturated heterocycles. The Morgan fingerprint density at radius 1 is 1.43 bits per heavy atom. The minimum absolute atomic E-state index is 0.126. The summed E-state index contributed by atoms with van der Waals surface area (Å²) in [6.45, 7) is 0.126. The molecule has 0 spiro atoms. The number of hydrogen-bond donors (Lipinski definition) is 1. The zero-order valence-electron chi connectivity index (χ0n) is 7.58. The first-order valence-electron chi connectivity index (χ1n) is 4.11. The van der Waals surface area contributed by atoms with Crippen LogP contribution in [0.1, 0.15) is 5.56 Å². The predicted octanol–water partition coefficient (Wildman–Crippen LogP) is 3.72. The molecule has 14 heavy (non-hydrogen) atoms. The van der Waals surface area contributed by atoms with E-state index < -0.39 is 0 Å². The van der Waals surface area contributed by atoms with E-state index >= 15 is 0 Å². The second-order valence-electron chi connectivity index (χ2n) is 2.91. The topological polar surface area (TPSA) is 20.2 Å². The van der Waals surface area contributed by atoms with Gasteiger partial charge in [-0.2, -0.15) is 0 Å². The van der Waals surface area contributed by atoms with E-state index in [1.54, 1.807) is 23.1 Å². The molecular formula is C10H9IOS2. The van der Waals surface area contributed by atoms with E-state index in [4.69, 9.17) is 5.11 Å². The average molecular weight is 336 g/mol. The normalized spacial score (nSPS) is 11.1. The van der Waals surface area contributed by atoms with Crippen molar-refractivity contribution in [3.05, 3.63) is 27.3 Å². The summed E-state index contributed by atoms with van der Waals surface area (Å²) in [7, 11) is 0. The van der Waals surface area contributed by atoms with Gasteiger partial charge in [-0.05, 0) is 58.0 Å². The van der Waals surface area contributed by atoms with E-state index in [-0.39, 0.29) is 6.61 Å². The van der Waals surface area contributed by atoms with Crippen LogP contribution >= 0.6 is 45.7 Å². The Hall–Kier alpha value is 0.220. The molecule has 1 heterocycles. The molecule has 0 aliphatic heterocycles. The van der Waals surface area contributed by atoms with Crippen LogP contribution in [0.2, 0.25) is 0 Å². The molecule has 0 bridgehead atoms. The highest BCUT2D eigenvalue weighted by Gasteiger charge is 2.05. The van der Waals surface area contributed by atoms with Gasteiger partial charge < -0.3 is 5.11 Å². The lowest BCUT2D eigenvalue weighted by atomic mass is 10.2. The van der Waals surface area contributed by atoms with Gasteiger partial charge in [-0.25, -0.2) is 0 Å². The minimum atomic E-state index is 0.126. The van der Waals surface area contributed by atoms with Crippen molar-refractivity contribution in [2.75, 3.05) is 6.26 Å². The van der Waals surface area contributed by atoms with Gasteiger partial charge in [-0.15, -0.1) is 23.1 Å². The van der Waals surface area contributed by atoms with Crippen LogP contribution in [0.5, 0.6) is 0 Å². The third-order valence-electron chi connectivity index (χ3n) is 2.03. The lowest BCUT2D eigenvalue weighted by Crippen LogP contribution is -1.86. The van der Waals surface area contributed by atoms with Gasteiger partial charge in [0.1, 0.15) is 0 Å². The molecule has 1 nitrogen and oxygen atoms in total. The van der Waals surface area contributed by atoms with Crippen molar-refractivity contribution in [2.24, 2.45) is 0 Å². The van der Waals surface area contributed by atoms with Crippen molar-refractivity contribution in [3.8, 4) is 0 Å². The fraction of sp³-hybridized carbons (Fsp3) is 0.200. The third kappa shape index (κ3) is 1.93. The Morgan fingerprint density at radius 2 is 2.21 bits per heavy atom. The summed E-state index contributed by atoms with van der Waals surface area (Å²) in [5.74, 6) is 0. The van der Waals surface area contributed by atoms with Crippen LogP contribution < -0.4 is 0 Å². The molecule has 0 radical (unpaired) electrons. The molecule has 1 N–H and O–H groups in total. The van der Waals surface area contributed by atoms with E-state index in [0.29, 0.717) is 0 Å². The molecule has 0 fully saturated rings. The zero-order valence-corrected chi connectivity index (χ0v) is 11.4. The highest BCUT2D eigenvalue weighted by Crippen LogP contribution is 2.33. The summed E-state index contributed by atoms with van der Waals surface area (Å²) in [5.41, 5.74) is 1.02. The molecule has 0 aliphatic carbocycles. The molecule has 1 aromatic heterocycles. The van der Waals surface area contributed by atoms with Crippen LogP contribution in [-0.4, -0.2) is 11.4 Å². The summed E-state index contributed by atoms with van der Waals surface area (Å²) in [6.07, 6.45) is 2.09. The van der Waals surface area contributed by atoms with Gasteiger partial charge in [0.05, 0.1) is 10.8 Å². The average Bonchev–Trinajstić information content (AvgIpc) is 2.58. The lowest BCUT2D eigenvalue weighted by Gasteiger charge is -1.99. The maximum atomic E-state index is 9.14. The number of hydrogen-bond acceptors (Lipinski definition) is 3. The van der Waals surface area contributed by atoms with Crippen molar-refractivity contribution in [2.45, 2.75) is 10.8 Å². The second kappa shape index (κ2) is 4.38. The number of rotatable bonds is 2. The summed E-state index contributed by atoms with van der Waals surface area (Å²) in [4.78, 5) is 0. The Bertz CT molecular complexity index is 464. The standard InChI is InChI=1S/C10H9IOS2/c1-13-10-4-6-2-8(11)7(5-12)3-9(6)14-10/h2-4,12H,5H2,1H3. The van der Waals surface area contributed by atoms with Gasteiger partial charge in [-0.1, -0.05) is 0 Å². The number of aliphatic hydroxyl groups excluding tert-OH is 1. The zero-order chi connectivity index (χ0) is 10.1. The number of fused-ring (bicyclic) bond motifs is 1. The van der Waals surface area contributed by atoms with E-state index in [0.717, 1.165) is 9.13 Å². The molecule has 1 aromatic carbocycles. The largest absolute Gasteiger partial charge is 0.392 e. The van der Waals surface area contributed by atoms with Crippen molar-refractivity contribution in [3.63, 3.8) is 0 Å². The summed E-state index contributed by atoms with van der Waals surface area (Å²) in [6, 6.07) is 6.42. The third-order valence-corrected chi connectivity index (χ3v) is 5.20. The van der Waals surface area contributed by atoms with Gasteiger partial charge in [-0.3, -0.25) is 0 Å². The summed E-state index contributed by atoms with van der Waals surface area (Å²) >= 11 is 5.82. The van der Waals surface area contributed by atoms with Crippen molar-refractivity contribution in [1.29, 1.82) is 0 Å². The number of benzene rings is 1. The quantitative estimate of drug-likeness (QED) is 0.666. The van der Waals surface area contributed by atoms with Crippen molar-refractivity contribution < 1.29 is 5.11 Å².